The smallest absolute Gasteiger partial charge is 0.234 e. The number of carbonyl (C=O) groups is 1. The van der Waals surface area contributed by atoms with Crippen LogP contribution in [0.1, 0.15) is 5.56 Å². The van der Waals surface area contributed by atoms with Gasteiger partial charge in [0.05, 0.1) is 21.5 Å². The summed E-state index contributed by atoms with van der Waals surface area (Å²) in [6, 6.07) is 12.8. The molecule has 1 heterocycles. The number of amides is 1. The van der Waals surface area contributed by atoms with E-state index in [-0.39, 0.29) is 11.7 Å². The molecule has 0 fully saturated rings. The van der Waals surface area contributed by atoms with E-state index < -0.39 is 0 Å². The molecule has 6 nitrogen and oxygen atoms in total. The monoisotopic (exact) mass is 407 g/mol. The first-order chi connectivity index (χ1) is 12.5. The number of carbonyl (C=O) groups excluding carboxylic acids is 1. The molecule has 0 atom stereocenters. The number of anilines is 1. The standard InChI is InChI=1S/C17H15Cl2N5OS/c1-10-4-2-5-11(8-10)16-22-23-17(24(16)20)26-9-14(25)21-15-12(18)6-3-7-13(15)19/h2-8H,9,20H2,1H3,(H,21,25). The minimum Gasteiger partial charge on any atom is -0.335 e. The third-order valence-corrected chi connectivity index (χ3v) is 5.07. The normalized spacial score (nSPS) is 10.7. The van der Waals surface area contributed by atoms with Gasteiger partial charge in [-0.1, -0.05) is 64.8 Å². The number of halogens is 2. The lowest BCUT2D eigenvalue weighted by atomic mass is 10.1. The number of nitrogens with zero attached hydrogens (tertiary/aromatic N) is 3. The van der Waals surface area contributed by atoms with Crippen molar-refractivity contribution in [2.75, 3.05) is 16.9 Å². The first-order valence-electron chi connectivity index (χ1n) is 7.60. The molecule has 26 heavy (non-hydrogen) atoms. The molecule has 0 bridgehead atoms. The van der Waals surface area contributed by atoms with Gasteiger partial charge in [-0.3, -0.25) is 4.79 Å². The second-order valence-corrected chi connectivity index (χ2v) is 7.24. The van der Waals surface area contributed by atoms with Crippen LogP contribution in [0.5, 0.6) is 0 Å². The summed E-state index contributed by atoms with van der Waals surface area (Å²) in [5.41, 5.74) is 2.34. The van der Waals surface area contributed by atoms with Crippen LogP contribution >= 0.6 is 35.0 Å². The van der Waals surface area contributed by atoms with Crippen molar-refractivity contribution in [2.45, 2.75) is 12.1 Å². The van der Waals surface area contributed by atoms with E-state index in [4.69, 9.17) is 29.0 Å². The number of hydrogen-bond acceptors (Lipinski definition) is 5. The lowest BCUT2D eigenvalue weighted by molar-refractivity contribution is -0.113. The lowest BCUT2D eigenvalue weighted by Gasteiger charge is -2.09. The van der Waals surface area contributed by atoms with Gasteiger partial charge in [0, 0.05) is 5.56 Å². The molecule has 0 aliphatic rings. The Labute approximate surface area is 164 Å². The maximum Gasteiger partial charge on any atom is 0.234 e. The Morgan fingerprint density at radius 1 is 1.19 bits per heavy atom. The molecule has 3 N–H and O–H groups in total. The predicted octanol–water partition coefficient (Wildman–Crippen LogP) is 4.00. The highest BCUT2D eigenvalue weighted by Gasteiger charge is 2.15. The largest absolute Gasteiger partial charge is 0.335 e. The zero-order chi connectivity index (χ0) is 18.7. The third-order valence-electron chi connectivity index (χ3n) is 3.50. The van der Waals surface area contributed by atoms with Gasteiger partial charge < -0.3 is 11.2 Å². The summed E-state index contributed by atoms with van der Waals surface area (Å²) >= 11 is 13.3. The van der Waals surface area contributed by atoms with Gasteiger partial charge >= 0.3 is 0 Å². The molecule has 0 aliphatic carbocycles. The van der Waals surface area contributed by atoms with Crippen LogP contribution in [0.2, 0.25) is 10.0 Å². The second-order valence-electron chi connectivity index (χ2n) is 5.48. The van der Waals surface area contributed by atoms with Crippen LogP contribution in [-0.4, -0.2) is 26.5 Å². The second kappa shape index (κ2) is 7.99. The average molecular weight is 408 g/mol. The van der Waals surface area contributed by atoms with Crippen molar-refractivity contribution in [1.82, 2.24) is 14.9 Å². The Morgan fingerprint density at radius 3 is 2.58 bits per heavy atom. The Kier molecular flexibility index (Phi) is 5.70. The molecule has 0 spiro atoms. The first kappa shape index (κ1) is 18.6. The van der Waals surface area contributed by atoms with E-state index in [1.54, 1.807) is 18.2 Å². The zero-order valence-electron chi connectivity index (χ0n) is 13.7. The quantitative estimate of drug-likeness (QED) is 0.492. The Balaban J connectivity index is 1.68. The van der Waals surface area contributed by atoms with Crippen molar-refractivity contribution >= 4 is 46.6 Å². The first-order valence-corrected chi connectivity index (χ1v) is 9.34. The van der Waals surface area contributed by atoms with E-state index in [2.05, 4.69) is 15.5 Å². The Bertz CT molecular complexity index is 940. The van der Waals surface area contributed by atoms with Gasteiger partial charge in [-0.2, -0.15) is 0 Å². The van der Waals surface area contributed by atoms with Crippen molar-refractivity contribution in [1.29, 1.82) is 0 Å². The minimum absolute atomic E-state index is 0.0880. The fraction of sp³-hybridized carbons (Fsp3) is 0.118. The summed E-state index contributed by atoms with van der Waals surface area (Å²) in [6.07, 6.45) is 0. The summed E-state index contributed by atoms with van der Waals surface area (Å²) in [5.74, 6) is 6.42. The number of para-hydroxylation sites is 1. The highest BCUT2D eigenvalue weighted by atomic mass is 35.5. The molecule has 1 aromatic heterocycles. The average Bonchev–Trinajstić information content (AvgIpc) is 2.97. The molecule has 0 unspecified atom stereocenters. The van der Waals surface area contributed by atoms with E-state index in [9.17, 15) is 4.79 Å². The van der Waals surface area contributed by atoms with E-state index in [0.29, 0.717) is 26.7 Å². The maximum atomic E-state index is 12.2. The molecule has 9 heteroatoms. The van der Waals surface area contributed by atoms with Crippen LogP contribution < -0.4 is 11.2 Å². The highest BCUT2D eigenvalue weighted by molar-refractivity contribution is 7.99. The molecule has 0 radical (unpaired) electrons. The van der Waals surface area contributed by atoms with Crippen molar-refractivity contribution in [3.8, 4) is 11.4 Å². The summed E-state index contributed by atoms with van der Waals surface area (Å²) in [7, 11) is 0. The van der Waals surface area contributed by atoms with Gasteiger partial charge in [0.15, 0.2) is 5.82 Å². The molecule has 0 saturated carbocycles. The van der Waals surface area contributed by atoms with E-state index >= 15 is 0 Å². The van der Waals surface area contributed by atoms with Crippen LogP contribution in [0.25, 0.3) is 11.4 Å². The topological polar surface area (TPSA) is 85.8 Å². The maximum absolute atomic E-state index is 12.2. The van der Waals surface area contributed by atoms with E-state index in [1.807, 2.05) is 31.2 Å². The van der Waals surface area contributed by atoms with Crippen LogP contribution in [-0.2, 0) is 4.79 Å². The summed E-state index contributed by atoms with van der Waals surface area (Å²) < 4.78 is 1.37. The number of nitrogen functional groups attached to an aromatic ring is 1. The van der Waals surface area contributed by atoms with Crippen LogP contribution in [0.15, 0.2) is 47.6 Å². The summed E-state index contributed by atoms with van der Waals surface area (Å²) in [6.45, 7) is 1.99. The molecule has 3 aromatic rings. The number of thioether (sulfide) groups is 1. The predicted molar refractivity (Wildman–Crippen MR) is 106 cm³/mol. The highest BCUT2D eigenvalue weighted by Crippen LogP contribution is 2.30. The molecule has 2 aromatic carbocycles. The number of rotatable bonds is 5. The van der Waals surface area contributed by atoms with Gasteiger partial charge in [0.1, 0.15) is 0 Å². The van der Waals surface area contributed by atoms with Crippen molar-refractivity contribution < 1.29 is 4.79 Å². The minimum atomic E-state index is -0.273. The van der Waals surface area contributed by atoms with Crippen molar-refractivity contribution in [3.05, 3.63) is 58.1 Å². The number of hydrogen-bond donors (Lipinski definition) is 2. The molecule has 1 amide bonds. The summed E-state index contributed by atoms with van der Waals surface area (Å²) in [5, 5.41) is 12.0. The number of nitrogens with two attached hydrogens (primary N) is 1. The van der Waals surface area contributed by atoms with Gasteiger partial charge in [-0.25, -0.2) is 4.68 Å². The van der Waals surface area contributed by atoms with Gasteiger partial charge in [-0.05, 0) is 25.1 Å². The Hall–Kier alpha value is -2.22. The van der Waals surface area contributed by atoms with Gasteiger partial charge in [0.2, 0.25) is 11.1 Å². The SMILES string of the molecule is Cc1cccc(-c2nnc(SCC(=O)Nc3c(Cl)cccc3Cl)n2N)c1. The molecule has 0 saturated heterocycles. The third kappa shape index (κ3) is 4.12. The van der Waals surface area contributed by atoms with Crippen LogP contribution in [0, 0.1) is 6.92 Å². The van der Waals surface area contributed by atoms with Crippen LogP contribution in [0.3, 0.4) is 0 Å². The van der Waals surface area contributed by atoms with Crippen LogP contribution in [0.4, 0.5) is 5.69 Å². The van der Waals surface area contributed by atoms with Gasteiger partial charge in [-0.15, -0.1) is 10.2 Å². The molecular weight excluding hydrogens is 393 g/mol. The van der Waals surface area contributed by atoms with Gasteiger partial charge in [0.25, 0.3) is 0 Å². The zero-order valence-corrected chi connectivity index (χ0v) is 16.1. The number of benzene rings is 2. The van der Waals surface area contributed by atoms with Crippen molar-refractivity contribution in [3.63, 3.8) is 0 Å². The number of nitrogens with one attached hydrogen (secondary N) is 1. The molecule has 3 rings (SSSR count). The number of aromatic nitrogens is 3. The summed E-state index contributed by atoms with van der Waals surface area (Å²) in [4.78, 5) is 12.2. The number of aryl methyl sites for hydroxylation is 1. The van der Waals surface area contributed by atoms with E-state index in [0.717, 1.165) is 11.1 Å². The fourth-order valence-electron chi connectivity index (χ4n) is 2.28. The lowest BCUT2D eigenvalue weighted by Crippen LogP contribution is -2.17. The molecular formula is C17H15Cl2N5OS. The molecule has 134 valence electrons. The Morgan fingerprint density at radius 2 is 1.88 bits per heavy atom. The molecule has 0 aliphatic heterocycles. The fourth-order valence-corrected chi connectivity index (χ4v) is 3.43. The van der Waals surface area contributed by atoms with Crippen molar-refractivity contribution in [2.24, 2.45) is 0 Å². The van der Waals surface area contributed by atoms with E-state index in [1.165, 1.54) is 16.4 Å².